The molecule has 7 aliphatic rings. The molecule has 752 valence electrons. The van der Waals surface area contributed by atoms with E-state index in [2.05, 4.69) is 94.4 Å². The first-order chi connectivity index (χ1) is 65.7. The highest BCUT2D eigenvalue weighted by molar-refractivity contribution is 7.90. The molecule has 0 spiro atoms. The zero-order valence-electron chi connectivity index (χ0n) is 81.1. The van der Waals surface area contributed by atoms with Gasteiger partial charge in [-0.25, -0.2) is 69.8 Å². The predicted molar refractivity (Wildman–Crippen MR) is 527 cm³/mol. The fourth-order valence-electron chi connectivity index (χ4n) is 19.9. The summed E-state index contributed by atoms with van der Waals surface area (Å²) in [5, 5.41) is -0.244. The SMILES string of the molecule is CCOC(=O)C1CCN(c2cccc(S(=O)(=O)NC(=O)c3cccnc3N3CC(C)CC3(C)C)n2)CC1.C[C@@H]1CN(c2nc(-c3cc(F)ccc3F)ccc2C(=O)NS(=O)(=O)N2CC[C@H](N)C2)C(C)(C)C1.Cc1c(F)cccc1-c1ccc(C(=O)NS(=O)(=O)c2ccc[nH]c2=O)c(N2C[C@@H](C)CC2(C)C)n1.Cc1ccc(F)cc1-c1ccc(C(=O)NS(=O)(=O)N2CC[C@H](N)C2)c(N2C[C@@H](C)CC2(C)C)n1. The molecule has 140 heavy (non-hydrogen) atoms. The molecule has 13 heterocycles. The number of halogens is 4. The minimum atomic E-state index is -4.43. The summed E-state index contributed by atoms with van der Waals surface area (Å²) in [4.78, 5) is 111. The van der Waals surface area contributed by atoms with E-state index in [9.17, 15) is 80.0 Å². The zero-order valence-corrected chi connectivity index (χ0v) is 84.4. The van der Waals surface area contributed by atoms with Gasteiger partial charge < -0.3 is 45.7 Å². The Morgan fingerprint density at radius 2 is 0.886 bits per heavy atom. The van der Waals surface area contributed by atoms with Crippen molar-refractivity contribution in [2.24, 2.45) is 41.1 Å². The number of anilines is 5. The Morgan fingerprint density at radius 3 is 1.34 bits per heavy atom. The number of rotatable bonds is 22. The molecule has 0 radical (unpaired) electrons. The van der Waals surface area contributed by atoms with Crippen molar-refractivity contribution in [3.63, 3.8) is 0 Å². The molecule has 0 bridgehead atoms. The number of aromatic amines is 1. The summed E-state index contributed by atoms with van der Waals surface area (Å²) in [6, 6.07) is 31.2. The number of esters is 1. The lowest BCUT2D eigenvalue weighted by atomic mass is 9.97. The average Bonchev–Trinajstić information content (AvgIpc) is 1.60. The van der Waals surface area contributed by atoms with Gasteiger partial charge in [-0.05, 0) is 272 Å². The van der Waals surface area contributed by atoms with Crippen molar-refractivity contribution in [2.45, 2.75) is 199 Å². The highest BCUT2D eigenvalue weighted by Gasteiger charge is 2.46. The summed E-state index contributed by atoms with van der Waals surface area (Å²) in [5.74, 6) is -2.39. The zero-order chi connectivity index (χ0) is 102. The van der Waals surface area contributed by atoms with Crippen LogP contribution in [0.4, 0.5) is 46.7 Å². The van der Waals surface area contributed by atoms with Crippen LogP contribution in [-0.4, -0.2) is 208 Å². The van der Waals surface area contributed by atoms with Gasteiger partial charge in [0.1, 0.15) is 52.4 Å². The summed E-state index contributed by atoms with van der Waals surface area (Å²) in [6.07, 6.45) is 8.66. The van der Waals surface area contributed by atoms with Crippen LogP contribution in [0.2, 0.25) is 0 Å². The lowest BCUT2D eigenvalue weighted by Crippen LogP contribution is -2.44. The second-order valence-electron chi connectivity index (χ2n) is 39.8. The molecule has 42 heteroatoms. The first kappa shape index (κ1) is 105. The quantitative estimate of drug-likeness (QED) is 0.0245. The molecule has 0 saturated carbocycles. The highest BCUT2D eigenvalue weighted by Crippen LogP contribution is 2.44. The van der Waals surface area contributed by atoms with Crippen LogP contribution in [0.15, 0.2) is 161 Å². The minimum Gasteiger partial charge on any atom is -0.466 e. The monoisotopic (exact) mass is 2010 g/mol. The molecule has 16 rings (SSSR count). The van der Waals surface area contributed by atoms with Crippen molar-refractivity contribution in [2.75, 3.05) is 96.6 Å². The van der Waals surface area contributed by atoms with Gasteiger partial charge in [0.25, 0.3) is 49.2 Å². The van der Waals surface area contributed by atoms with Gasteiger partial charge in [0.15, 0.2) is 9.92 Å². The molecule has 34 nitrogen and oxygen atoms in total. The van der Waals surface area contributed by atoms with Crippen LogP contribution in [0, 0.1) is 66.7 Å². The number of sulfonamides is 2. The molecule has 0 aliphatic carbocycles. The van der Waals surface area contributed by atoms with Gasteiger partial charge in [0, 0.05) is 129 Å². The van der Waals surface area contributed by atoms with Gasteiger partial charge in [0.05, 0.1) is 51.9 Å². The number of nitrogens with one attached hydrogen (secondary N) is 5. The fraction of sp³-hybridized carbons (Fsp3) is 0.459. The van der Waals surface area contributed by atoms with Gasteiger partial charge in [-0.1, -0.05) is 52.0 Å². The molecule has 3 aromatic carbocycles. The lowest BCUT2D eigenvalue weighted by molar-refractivity contribution is -0.148. The number of amides is 4. The predicted octanol–water partition coefficient (Wildman–Crippen LogP) is 12.1. The van der Waals surface area contributed by atoms with Gasteiger partial charge in [-0.3, -0.25) is 28.8 Å². The third-order valence-electron chi connectivity index (χ3n) is 26.4. The summed E-state index contributed by atoms with van der Waals surface area (Å²) in [5.41, 5.74) is 13.6. The smallest absolute Gasteiger partial charge is 0.309 e. The number of nitrogens with zero attached hydrogens (tertiary/aromatic N) is 12. The summed E-state index contributed by atoms with van der Waals surface area (Å²) in [6.45, 7) is 34.9. The average molecular weight is 2010 g/mol. The third kappa shape index (κ3) is 24.1. The highest BCUT2D eigenvalue weighted by atomic mass is 32.2. The Morgan fingerprint density at radius 1 is 0.457 bits per heavy atom. The molecule has 9 N–H and O–H groups in total. The third-order valence-corrected chi connectivity index (χ3v) is 31.9. The van der Waals surface area contributed by atoms with Crippen LogP contribution in [0.3, 0.4) is 0 Å². The van der Waals surface area contributed by atoms with Crippen molar-refractivity contribution >= 4 is 99.2 Å². The lowest BCUT2D eigenvalue weighted by Gasteiger charge is -2.34. The number of pyridine rings is 6. The Balaban J connectivity index is 0.000000157. The second kappa shape index (κ2) is 42.1. The van der Waals surface area contributed by atoms with E-state index in [0.717, 1.165) is 66.4 Å². The minimum absolute atomic E-state index is 0.0369. The maximum atomic E-state index is 14.5. The van der Waals surface area contributed by atoms with E-state index in [0.29, 0.717) is 134 Å². The van der Waals surface area contributed by atoms with Gasteiger partial charge in [0.2, 0.25) is 0 Å². The van der Waals surface area contributed by atoms with E-state index in [1.54, 1.807) is 80.7 Å². The Labute approximate surface area is 815 Å². The van der Waals surface area contributed by atoms with Crippen LogP contribution in [0.1, 0.15) is 194 Å². The van der Waals surface area contributed by atoms with Gasteiger partial charge >= 0.3 is 26.4 Å². The van der Waals surface area contributed by atoms with E-state index >= 15 is 0 Å². The number of H-pyrrole nitrogens is 1. The Hall–Kier alpha value is -11.9. The van der Waals surface area contributed by atoms with E-state index in [4.69, 9.17) is 26.2 Å². The number of nitrogens with two attached hydrogens (primary N) is 2. The molecular weight excluding hydrogens is 1890 g/mol. The summed E-state index contributed by atoms with van der Waals surface area (Å²) >= 11 is 0. The van der Waals surface area contributed by atoms with Crippen LogP contribution >= 0.6 is 0 Å². The van der Waals surface area contributed by atoms with Crippen LogP contribution in [0.25, 0.3) is 33.8 Å². The van der Waals surface area contributed by atoms with Crippen molar-refractivity contribution < 1.29 is 79.9 Å². The van der Waals surface area contributed by atoms with Crippen molar-refractivity contribution in [3.05, 3.63) is 213 Å². The number of aromatic nitrogens is 6. The van der Waals surface area contributed by atoms with E-state index in [1.807, 2.05) is 58.9 Å². The number of carbonyl (C=O) groups excluding carboxylic acids is 5. The summed E-state index contributed by atoms with van der Waals surface area (Å²) in [7, 11) is -16.8. The molecular formula is C98H123F4N19O15S4. The standard InChI is InChI=1S/C26H35N5O5S.C25H27FN4O4S.C24H32FN5O3S.C23H29F2N5O3S/c1-5-36-25(33)19-11-14-30(15-12-19)21-9-6-10-22(28-21)37(34,35)29-24(32)20-8-7-13-27-23(20)31-17-18(2)16-26(31,3)4;1-15-13-25(3,4)30(14-15)22-18(10-11-20(28-22)17-7-5-8-19(26)16(17)2)23(31)29-35(33,34)21-9-6-12-27-24(21)32;1-15-12-24(3,4)30(13-15)22-19(23(31)28-34(32,33)29-10-9-18(26)14-29)7-8-21(27-22)20-11-17(25)6-5-16(20)2;1-14-11-23(2,3)30(12-14)21-17(22(31)28-34(32,33)29-9-8-16(26)13-29)5-7-20(27-21)18-10-15(24)4-6-19(18)25/h6-10,13,18-19H,5,11-12,14-17H2,1-4H3,(H,29,32);5-12,15H,13-14H2,1-4H3,(H,27,32)(H,29,31);5-8,11,15,18H,9-10,12-14,26H2,1-4H3,(H,28,31);4-7,10,14,16H,8-9,11-13,26H2,1-3H3,(H,28,31)/t;15-;15-,18-;14-,16-/m.000/s1. The molecule has 4 amide bonds. The molecule has 9 aromatic rings. The molecule has 1 unspecified atom stereocenters. The van der Waals surface area contributed by atoms with Crippen LogP contribution in [0.5, 0.6) is 0 Å². The maximum Gasteiger partial charge on any atom is 0.309 e. The first-order valence-electron chi connectivity index (χ1n) is 46.6. The molecule has 6 atom stereocenters. The number of hydrogen-bond acceptors (Lipinski definition) is 27. The largest absolute Gasteiger partial charge is 0.466 e. The van der Waals surface area contributed by atoms with E-state index in [-0.39, 0.29) is 134 Å². The molecule has 6 aromatic heterocycles. The second-order valence-corrected chi connectivity index (χ2v) is 46.4. The van der Waals surface area contributed by atoms with Gasteiger partial charge in [-0.15, -0.1) is 0 Å². The topological polar surface area (TPSA) is 451 Å². The maximum absolute atomic E-state index is 14.5. The first-order valence-corrected chi connectivity index (χ1v) is 52.4. The van der Waals surface area contributed by atoms with Gasteiger partial charge in [-0.2, -0.15) is 33.9 Å². The molecule has 7 fully saturated rings. The number of ether oxygens (including phenoxy) is 1. The molecule has 7 aliphatic heterocycles. The van der Waals surface area contributed by atoms with Crippen molar-refractivity contribution in [3.8, 4) is 33.8 Å². The fourth-order valence-corrected chi connectivity index (χ4v) is 24.2. The number of piperidine rings is 1. The number of aryl methyl sites for hydroxylation is 1. The molecule has 7 saturated heterocycles. The van der Waals surface area contributed by atoms with Crippen LogP contribution < -0.4 is 60.4 Å². The summed E-state index contributed by atoms with van der Waals surface area (Å²) < 4.78 is 176. The van der Waals surface area contributed by atoms with E-state index in [1.165, 1.54) is 59.0 Å². The van der Waals surface area contributed by atoms with Crippen molar-refractivity contribution in [1.29, 1.82) is 0 Å². The number of hydrogen-bond donors (Lipinski definition) is 7. The number of carbonyl (C=O) groups is 5. The Kier molecular flexibility index (Phi) is 31.7. The van der Waals surface area contributed by atoms with Crippen molar-refractivity contribution in [1.82, 2.24) is 57.4 Å². The number of benzene rings is 3. The van der Waals surface area contributed by atoms with E-state index < -0.39 is 86.2 Å². The normalized spacial score (nSPS) is 20.7. The van der Waals surface area contributed by atoms with Crippen LogP contribution in [-0.2, 0) is 50.0 Å². The Bertz CT molecular complexity index is 6560.